The number of rotatable bonds is 3. The van der Waals surface area contributed by atoms with Gasteiger partial charge < -0.3 is 10.1 Å². The lowest BCUT2D eigenvalue weighted by Crippen LogP contribution is -2.25. The van der Waals surface area contributed by atoms with Gasteiger partial charge >= 0.3 is 5.97 Å². The summed E-state index contributed by atoms with van der Waals surface area (Å²) >= 11 is 10.5. The molecular weight excluding hydrogens is 290 g/mol. The second-order valence-corrected chi connectivity index (χ2v) is 5.06. The van der Waals surface area contributed by atoms with Crippen molar-refractivity contribution >= 4 is 44.8 Å². The molecule has 14 heavy (non-hydrogen) atoms. The minimum Gasteiger partial charge on any atom is -0.468 e. The molecule has 0 radical (unpaired) electrons. The molecule has 0 aliphatic carbocycles. The number of esters is 1. The highest BCUT2D eigenvalue weighted by atomic mass is 79.9. The zero-order valence-corrected chi connectivity index (χ0v) is 10.8. The first-order valence-electron chi connectivity index (χ1n) is 3.80. The summed E-state index contributed by atoms with van der Waals surface area (Å²) in [7, 11) is 3.06. The predicted octanol–water partition coefficient (Wildman–Crippen LogP) is 2.60. The van der Waals surface area contributed by atoms with Gasteiger partial charge in [-0.15, -0.1) is 11.3 Å². The van der Waals surface area contributed by atoms with E-state index < -0.39 is 6.04 Å². The van der Waals surface area contributed by atoms with E-state index in [0.717, 1.165) is 9.35 Å². The number of carbonyl (C=O) groups excluding carboxylic acids is 1. The van der Waals surface area contributed by atoms with Crippen LogP contribution in [0.2, 0.25) is 4.34 Å². The van der Waals surface area contributed by atoms with Crippen LogP contribution in [-0.2, 0) is 9.53 Å². The van der Waals surface area contributed by atoms with Crippen molar-refractivity contribution in [2.45, 2.75) is 6.04 Å². The Balaban J connectivity index is 2.95. The Morgan fingerprint density at radius 1 is 1.79 bits per heavy atom. The molecule has 6 heteroatoms. The van der Waals surface area contributed by atoms with Gasteiger partial charge in [0, 0.05) is 9.35 Å². The number of methoxy groups -OCH3 is 1. The van der Waals surface area contributed by atoms with Gasteiger partial charge in [-0.2, -0.15) is 0 Å². The summed E-state index contributed by atoms with van der Waals surface area (Å²) in [5.74, 6) is -0.321. The molecule has 78 valence electrons. The van der Waals surface area contributed by atoms with Crippen molar-refractivity contribution < 1.29 is 9.53 Å². The maximum atomic E-state index is 11.3. The molecule has 1 N–H and O–H groups in total. The zero-order valence-electron chi connectivity index (χ0n) is 7.64. The van der Waals surface area contributed by atoms with E-state index >= 15 is 0 Å². The van der Waals surface area contributed by atoms with Crippen LogP contribution in [0.5, 0.6) is 0 Å². The quantitative estimate of drug-likeness (QED) is 0.872. The van der Waals surface area contributed by atoms with Crippen LogP contribution in [0.4, 0.5) is 0 Å². The number of hydrogen-bond donors (Lipinski definition) is 1. The van der Waals surface area contributed by atoms with E-state index in [1.807, 2.05) is 6.07 Å². The number of thiophene rings is 1. The van der Waals surface area contributed by atoms with Crippen LogP contribution in [0.25, 0.3) is 0 Å². The summed E-state index contributed by atoms with van der Waals surface area (Å²) in [4.78, 5) is 12.2. The molecule has 3 nitrogen and oxygen atoms in total. The van der Waals surface area contributed by atoms with Gasteiger partial charge in [-0.1, -0.05) is 11.6 Å². The van der Waals surface area contributed by atoms with Crippen LogP contribution in [0.1, 0.15) is 10.9 Å². The van der Waals surface area contributed by atoms with Gasteiger partial charge in [0.2, 0.25) is 0 Å². The molecular formula is C8H9BrClNO2S. The van der Waals surface area contributed by atoms with Crippen LogP contribution < -0.4 is 5.32 Å². The van der Waals surface area contributed by atoms with Crippen molar-refractivity contribution in [3.8, 4) is 0 Å². The highest BCUT2D eigenvalue weighted by Crippen LogP contribution is 2.35. The summed E-state index contributed by atoms with van der Waals surface area (Å²) in [6.45, 7) is 0. The third kappa shape index (κ3) is 2.48. The lowest BCUT2D eigenvalue weighted by Gasteiger charge is -2.10. The van der Waals surface area contributed by atoms with Crippen molar-refractivity contribution in [1.82, 2.24) is 5.32 Å². The molecule has 0 fully saturated rings. The van der Waals surface area contributed by atoms with Crippen molar-refractivity contribution in [3.05, 3.63) is 19.8 Å². The molecule has 0 saturated carbocycles. The Labute approximate surface area is 99.5 Å². The molecule has 0 aliphatic rings. The van der Waals surface area contributed by atoms with Crippen molar-refractivity contribution in [1.29, 1.82) is 0 Å². The summed E-state index contributed by atoms with van der Waals surface area (Å²) in [6.07, 6.45) is 0. The highest BCUT2D eigenvalue weighted by Gasteiger charge is 2.22. The molecule has 1 aromatic rings. The topological polar surface area (TPSA) is 38.3 Å². The fraction of sp³-hybridized carbons (Fsp3) is 0.375. The Kier molecular flexibility index (Phi) is 4.37. The minimum absolute atomic E-state index is 0.321. The van der Waals surface area contributed by atoms with E-state index in [9.17, 15) is 4.79 Å². The Morgan fingerprint density at radius 3 is 2.79 bits per heavy atom. The van der Waals surface area contributed by atoms with E-state index in [4.69, 9.17) is 11.6 Å². The van der Waals surface area contributed by atoms with Gasteiger partial charge in [0.1, 0.15) is 10.4 Å². The first-order chi connectivity index (χ1) is 6.60. The van der Waals surface area contributed by atoms with E-state index in [-0.39, 0.29) is 5.97 Å². The second kappa shape index (κ2) is 5.11. The van der Waals surface area contributed by atoms with Crippen LogP contribution in [0.15, 0.2) is 10.5 Å². The Bertz CT molecular complexity index is 323. The monoisotopic (exact) mass is 297 g/mol. The van der Waals surface area contributed by atoms with Crippen molar-refractivity contribution in [2.24, 2.45) is 0 Å². The predicted molar refractivity (Wildman–Crippen MR) is 60.8 cm³/mol. The lowest BCUT2D eigenvalue weighted by atomic mass is 10.2. The smallest absolute Gasteiger partial charge is 0.328 e. The Hall–Kier alpha value is -0.100. The summed E-state index contributed by atoms with van der Waals surface area (Å²) in [6, 6.07) is 1.36. The normalized spacial score (nSPS) is 12.6. The minimum atomic E-state index is -0.450. The molecule has 0 spiro atoms. The standard InChI is InChI=1S/C8H9BrClNO2S/c1-11-6(8(12)13-2)5-3-4(9)7(10)14-5/h3,6,11H,1-2H3. The van der Waals surface area contributed by atoms with E-state index in [1.165, 1.54) is 18.4 Å². The summed E-state index contributed by atoms with van der Waals surface area (Å²) < 4.78 is 6.08. The maximum Gasteiger partial charge on any atom is 0.328 e. The number of likely N-dealkylation sites (N-methyl/N-ethyl adjacent to an activating group) is 1. The molecule has 0 aromatic carbocycles. The second-order valence-electron chi connectivity index (χ2n) is 2.52. The maximum absolute atomic E-state index is 11.3. The van der Waals surface area contributed by atoms with E-state index in [1.54, 1.807) is 7.05 Å². The van der Waals surface area contributed by atoms with Gasteiger partial charge in [0.15, 0.2) is 0 Å². The first-order valence-corrected chi connectivity index (χ1v) is 5.78. The molecule has 0 bridgehead atoms. The number of hydrogen-bond acceptors (Lipinski definition) is 4. The largest absolute Gasteiger partial charge is 0.468 e. The van der Waals surface area contributed by atoms with Crippen molar-refractivity contribution in [2.75, 3.05) is 14.2 Å². The third-order valence-corrected chi connectivity index (χ3v) is 4.21. The zero-order chi connectivity index (χ0) is 10.7. The van der Waals surface area contributed by atoms with Gasteiger partial charge in [0.05, 0.1) is 7.11 Å². The molecule has 1 atom stereocenters. The molecule has 1 unspecified atom stereocenters. The Morgan fingerprint density at radius 2 is 2.43 bits per heavy atom. The van der Waals surface area contributed by atoms with Crippen LogP contribution >= 0.6 is 38.9 Å². The number of nitrogens with one attached hydrogen (secondary N) is 1. The SMILES string of the molecule is CNC(C(=O)OC)c1cc(Br)c(Cl)s1. The van der Waals surface area contributed by atoms with Gasteiger partial charge in [-0.3, -0.25) is 0 Å². The van der Waals surface area contributed by atoms with Crippen LogP contribution in [-0.4, -0.2) is 20.1 Å². The van der Waals surface area contributed by atoms with E-state index in [0.29, 0.717) is 4.34 Å². The number of halogens is 2. The average molecular weight is 299 g/mol. The van der Waals surface area contributed by atoms with Gasteiger partial charge in [-0.25, -0.2) is 4.79 Å². The summed E-state index contributed by atoms with van der Waals surface area (Å²) in [5, 5.41) is 2.87. The average Bonchev–Trinajstić information content (AvgIpc) is 2.48. The van der Waals surface area contributed by atoms with Gasteiger partial charge in [-0.05, 0) is 29.0 Å². The van der Waals surface area contributed by atoms with Gasteiger partial charge in [0.25, 0.3) is 0 Å². The molecule has 1 aromatic heterocycles. The molecule has 1 heterocycles. The third-order valence-electron chi connectivity index (χ3n) is 1.67. The fourth-order valence-electron chi connectivity index (χ4n) is 1.000. The lowest BCUT2D eigenvalue weighted by molar-refractivity contribution is -0.143. The fourth-order valence-corrected chi connectivity index (χ4v) is 2.83. The van der Waals surface area contributed by atoms with E-state index in [2.05, 4.69) is 26.0 Å². The van der Waals surface area contributed by atoms with Crippen molar-refractivity contribution in [3.63, 3.8) is 0 Å². The molecule has 0 saturated heterocycles. The number of carbonyl (C=O) groups is 1. The highest BCUT2D eigenvalue weighted by molar-refractivity contribution is 9.10. The molecule has 1 rings (SSSR count). The molecule has 0 aliphatic heterocycles. The first kappa shape index (κ1) is 12.0. The van der Waals surface area contributed by atoms with Crippen LogP contribution in [0.3, 0.4) is 0 Å². The van der Waals surface area contributed by atoms with Crippen LogP contribution in [0, 0.1) is 0 Å². The molecule has 0 amide bonds. The summed E-state index contributed by atoms with van der Waals surface area (Å²) in [5.41, 5.74) is 0. The number of ether oxygens (including phenoxy) is 1.